The summed E-state index contributed by atoms with van der Waals surface area (Å²) in [5.41, 5.74) is -0.691. The van der Waals surface area contributed by atoms with Gasteiger partial charge in [0.25, 0.3) is 0 Å². The lowest BCUT2D eigenvalue weighted by atomic mass is 10.2. The first kappa shape index (κ1) is 11.4. The van der Waals surface area contributed by atoms with E-state index in [9.17, 15) is 18.0 Å². The Kier molecular flexibility index (Phi) is 2.53. The third-order valence-electron chi connectivity index (χ3n) is 2.24. The molecule has 7 heteroatoms. The van der Waals surface area contributed by atoms with E-state index < -0.39 is 17.7 Å². The molecule has 2 aromatic heterocycles. The smallest absolute Gasteiger partial charge is 0.416 e. The fraction of sp³-hybridized carbons (Fsp3) is 0.200. The fourth-order valence-electron chi connectivity index (χ4n) is 1.41. The van der Waals surface area contributed by atoms with Gasteiger partial charge in [0.1, 0.15) is 5.65 Å². The van der Waals surface area contributed by atoms with Gasteiger partial charge in [-0.15, -0.1) is 0 Å². The van der Waals surface area contributed by atoms with Crippen LogP contribution in [0.15, 0.2) is 24.5 Å². The number of hydrogen-bond donors (Lipinski definition) is 0. The normalized spacial score (nSPS) is 11.8. The summed E-state index contributed by atoms with van der Waals surface area (Å²) < 4.78 is 43.0. The van der Waals surface area contributed by atoms with E-state index in [0.717, 1.165) is 18.3 Å². The number of imidazole rings is 1. The van der Waals surface area contributed by atoms with E-state index in [1.165, 1.54) is 17.7 Å². The minimum absolute atomic E-state index is 0.0419. The molecule has 0 unspecified atom stereocenters. The highest BCUT2D eigenvalue weighted by atomic mass is 19.4. The minimum atomic E-state index is -4.43. The van der Waals surface area contributed by atoms with Crippen LogP contribution in [0.2, 0.25) is 0 Å². The lowest BCUT2D eigenvalue weighted by Crippen LogP contribution is -2.08. The van der Waals surface area contributed by atoms with Crippen LogP contribution < -0.4 is 0 Å². The van der Waals surface area contributed by atoms with Gasteiger partial charge in [-0.3, -0.25) is 4.40 Å². The highest BCUT2D eigenvalue weighted by Gasteiger charge is 2.31. The molecular weight excluding hydrogens is 237 g/mol. The van der Waals surface area contributed by atoms with Crippen LogP contribution in [0.5, 0.6) is 0 Å². The number of fused-ring (bicyclic) bond motifs is 1. The summed E-state index contributed by atoms with van der Waals surface area (Å²) in [7, 11) is 1.19. The Bertz CT molecular complexity index is 574. The average Bonchev–Trinajstić information content (AvgIpc) is 2.69. The Balaban J connectivity index is 2.56. The number of rotatable bonds is 1. The molecule has 0 aliphatic heterocycles. The zero-order chi connectivity index (χ0) is 12.6. The van der Waals surface area contributed by atoms with Crippen LogP contribution in [-0.4, -0.2) is 22.5 Å². The van der Waals surface area contributed by atoms with Crippen molar-refractivity contribution in [1.29, 1.82) is 0 Å². The van der Waals surface area contributed by atoms with Crippen LogP contribution in [0, 0.1) is 0 Å². The SMILES string of the molecule is COC(=O)c1cnc2cc(C(F)(F)F)ccn12. The molecule has 0 spiro atoms. The van der Waals surface area contributed by atoms with Crippen LogP contribution in [0.4, 0.5) is 13.2 Å². The fourth-order valence-corrected chi connectivity index (χ4v) is 1.41. The summed E-state index contributed by atoms with van der Waals surface area (Å²) in [4.78, 5) is 15.0. The maximum Gasteiger partial charge on any atom is 0.416 e. The largest absolute Gasteiger partial charge is 0.464 e. The number of halogens is 3. The van der Waals surface area contributed by atoms with Crippen LogP contribution in [0.3, 0.4) is 0 Å². The number of ether oxygens (including phenoxy) is 1. The molecule has 90 valence electrons. The summed E-state index contributed by atoms with van der Waals surface area (Å²) in [6, 6.07) is 1.74. The molecule has 0 radical (unpaired) electrons. The van der Waals surface area contributed by atoms with Crippen molar-refractivity contribution in [2.45, 2.75) is 6.18 Å². The van der Waals surface area contributed by atoms with Crippen molar-refractivity contribution in [2.75, 3.05) is 7.11 Å². The zero-order valence-electron chi connectivity index (χ0n) is 8.65. The number of nitrogens with zero attached hydrogens (tertiary/aromatic N) is 2. The number of pyridine rings is 1. The van der Waals surface area contributed by atoms with Crippen LogP contribution in [0.25, 0.3) is 5.65 Å². The Morgan fingerprint density at radius 2 is 2.18 bits per heavy atom. The predicted octanol–water partition coefficient (Wildman–Crippen LogP) is 2.14. The Labute approximate surface area is 93.6 Å². The molecule has 0 bridgehead atoms. The number of esters is 1. The molecule has 0 atom stereocenters. The first-order chi connectivity index (χ1) is 7.93. The number of carbonyl (C=O) groups is 1. The molecule has 0 aromatic carbocycles. The third kappa shape index (κ3) is 1.95. The summed E-state index contributed by atoms with van der Waals surface area (Å²) in [6.45, 7) is 0. The summed E-state index contributed by atoms with van der Waals surface area (Å²) in [5, 5.41) is 0. The number of methoxy groups -OCH3 is 1. The number of carbonyl (C=O) groups excluding carboxylic acids is 1. The van der Waals surface area contributed by atoms with Gasteiger partial charge < -0.3 is 4.74 Å². The molecule has 2 heterocycles. The van der Waals surface area contributed by atoms with Crippen LogP contribution in [0.1, 0.15) is 16.1 Å². The quantitative estimate of drug-likeness (QED) is 0.722. The van der Waals surface area contributed by atoms with Gasteiger partial charge in [0, 0.05) is 6.20 Å². The number of hydrogen-bond acceptors (Lipinski definition) is 3. The van der Waals surface area contributed by atoms with Gasteiger partial charge in [0.05, 0.1) is 18.9 Å². The van der Waals surface area contributed by atoms with Crippen molar-refractivity contribution in [3.63, 3.8) is 0 Å². The molecule has 0 aliphatic rings. The Hall–Kier alpha value is -2.05. The van der Waals surface area contributed by atoms with Gasteiger partial charge in [0.15, 0.2) is 5.69 Å². The van der Waals surface area contributed by atoms with Gasteiger partial charge in [-0.05, 0) is 12.1 Å². The van der Waals surface area contributed by atoms with Gasteiger partial charge in [-0.2, -0.15) is 13.2 Å². The number of alkyl halides is 3. The van der Waals surface area contributed by atoms with Crippen molar-refractivity contribution in [2.24, 2.45) is 0 Å². The van der Waals surface area contributed by atoms with Gasteiger partial charge in [-0.1, -0.05) is 0 Å². The van der Waals surface area contributed by atoms with Gasteiger partial charge in [-0.25, -0.2) is 9.78 Å². The highest BCUT2D eigenvalue weighted by Crippen LogP contribution is 2.29. The molecule has 0 fully saturated rings. The molecule has 0 amide bonds. The number of aromatic nitrogens is 2. The average molecular weight is 244 g/mol. The maximum absolute atomic E-state index is 12.4. The molecule has 17 heavy (non-hydrogen) atoms. The van der Waals surface area contributed by atoms with Crippen molar-refractivity contribution < 1.29 is 22.7 Å². The monoisotopic (exact) mass is 244 g/mol. The van der Waals surface area contributed by atoms with E-state index in [-0.39, 0.29) is 11.3 Å². The van der Waals surface area contributed by atoms with Crippen LogP contribution >= 0.6 is 0 Å². The molecule has 4 nitrogen and oxygen atoms in total. The lowest BCUT2D eigenvalue weighted by Gasteiger charge is -2.06. The van der Waals surface area contributed by atoms with E-state index >= 15 is 0 Å². The van der Waals surface area contributed by atoms with Crippen molar-refractivity contribution in [1.82, 2.24) is 9.38 Å². The third-order valence-corrected chi connectivity index (χ3v) is 2.24. The molecule has 0 aliphatic carbocycles. The predicted molar refractivity (Wildman–Crippen MR) is 51.5 cm³/mol. The van der Waals surface area contributed by atoms with Crippen molar-refractivity contribution in [3.05, 3.63) is 35.8 Å². The zero-order valence-corrected chi connectivity index (χ0v) is 8.65. The molecule has 2 aromatic rings. The molecule has 0 N–H and O–H groups in total. The van der Waals surface area contributed by atoms with Gasteiger partial charge in [0.2, 0.25) is 0 Å². The summed E-state index contributed by atoms with van der Waals surface area (Å²) in [6.07, 6.45) is -2.13. The second kappa shape index (κ2) is 3.76. The van der Waals surface area contributed by atoms with Crippen LogP contribution in [-0.2, 0) is 10.9 Å². The second-order valence-corrected chi connectivity index (χ2v) is 3.28. The van der Waals surface area contributed by atoms with Crippen molar-refractivity contribution >= 4 is 11.6 Å². The van der Waals surface area contributed by atoms with Crippen molar-refractivity contribution in [3.8, 4) is 0 Å². The minimum Gasteiger partial charge on any atom is -0.464 e. The maximum atomic E-state index is 12.4. The molecule has 2 rings (SSSR count). The Morgan fingerprint density at radius 3 is 2.76 bits per heavy atom. The second-order valence-electron chi connectivity index (χ2n) is 3.28. The summed E-state index contributed by atoms with van der Waals surface area (Å²) >= 11 is 0. The van der Waals surface area contributed by atoms with E-state index in [1.807, 2.05) is 0 Å². The van der Waals surface area contributed by atoms with E-state index in [0.29, 0.717) is 0 Å². The summed E-state index contributed by atoms with van der Waals surface area (Å²) in [5.74, 6) is -0.655. The lowest BCUT2D eigenvalue weighted by molar-refractivity contribution is -0.137. The molecule has 0 saturated carbocycles. The first-order valence-corrected chi connectivity index (χ1v) is 4.56. The molecule has 0 saturated heterocycles. The first-order valence-electron chi connectivity index (χ1n) is 4.56. The molecular formula is C10H7F3N2O2. The topological polar surface area (TPSA) is 43.6 Å². The standard InChI is InChI=1S/C10H7F3N2O2/c1-17-9(16)7-5-14-8-4-6(10(11,12)13)2-3-15(7)8/h2-5H,1H3. The van der Waals surface area contributed by atoms with E-state index in [1.54, 1.807) is 0 Å². The van der Waals surface area contributed by atoms with Gasteiger partial charge >= 0.3 is 12.1 Å². The highest BCUT2D eigenvalue weighted by molar-refractivity contribution is 5.88. The van der Waals surface area contributed by atoms with E-state index in [4.69, 9.17) is 0 Å². The Morgan fingerprint density at radius 1 is 1.47 bits per heavy atom. The van der Waals surface area contributed by atoms with E-state index in [2.05, 4.69) is 9.72 Å².